The van der Waals surface area contributed by atoms with E-state index in [1.807, 2.05) is 35.3 Å². The molecular formula is C29H37NO4. The molecule has 0 bridgehead atoms. The van der Waals surface area contributed by atoms with Crippen molar-refractivity contribution in [3.63, 3.8) is 0 Å². The Morgan fingerprint density at radius 1 is 1.09 bits per heavy atom. The largest absolute Gasteiger partial charge is 0.465 e. The number of aryl methyl sites for hydroxylation is 1. The predicted octanol–water partition coefficient (Wildman–Crippen LogP) is 4.97. The van der Waals surface area contributed by atoms with E-state index in [0.717, 1.165) is 44.1 Å². The van der Waals surface area contributed by atoms with Gasteiger partial charge in [-0.25, -0.2) is 4.79 Å². The van der Waals surface area contributed by atoms with E-state index in [9.17, 15) is 14.7 Å². The lowest BCUT2D eigenvalue weighted by Crippen LogP contribution is -2.34. The molecule has 5 nitrogen and oxygen atoms in total. The molecule has 2 aromatic carbocycles. The fraction of sp³-hybridized carbons (Fsp3) is 0.448. The van der Waals surface area contributed by atoms with Crippen molar-refractivity contribution in [2.75, 3.05) is 13.7 Å². The molecule has 0 radical (unpaired) electrons. The van der Waals surface area contributed by atoms with Gasteiger partial charge in [-0.2, -0.15) is 0 Å². The molecule has 1 heterocycles. The van der Waals surface area contributed by atoms with Crippen molar-refractivity contribution in [1.82, 2.24) is 4.90 Å². The molecule has 0 saturated carbocycles. The molecule has 5 heteroatoms. The van der Waals surface area contributed by atoms with Crippen LogP contribution in [-0.4, -0.2) is 47.7 Å². The van der Waals surface area contributed by atoms with Crippen LogP contribution in [0.3, 0.4) is 0 Å². The average molecular weight is 464 g/mol. The number of esters is 1. The van der Waals surface area contributed by atoms with Crippen LogP contribution < -0.4 is 0 Å². The van der Waals surface area contributed by atoms with E-state index in [-0.39, 0.29) is 23.8 Å². The van der Waals surface area contributed by atoms with Crippen LogP contribution in [0, 0.1) is 5.92 Å². The van der Waals surface area contributed by atoms with Gasteiger partial charge in [0.25, 0.3) is 0 Å². The van der Waals surface area contributed by atoms with Crippen LogP contribution in [0.4, 0.5) is 0 Å². The average Bonchev–Trinajstić information content (AvgIpc) is 3.23. The third-order valence-corrected chi connectivity index (χ3v) is 6.72. The number of ether oxygens (including phenoxy) is 1. The van der Waals surface area contributed by atoms with Gasteiger partial charge in [-0.1, -0.05) is 68.0 Å². The lowest BCUT2D eigenvalue weighted by atomic mass is 9.95. The van der Waals surface area contributed by atoms with Crippen LogP contribution in [0.25, 0.3) is 0 Å². The minimum atomic E-state index is -0.500. The van der Waals surface area contributed by atoms with Crippen LogP contribution in [0.1, 0.15) is 60.5 Å². The number of likely N-dealkylation sites (tertiary alicyclic amines) is 1. The van der Waals surface area contributed by atoms with Gasteiger partial charge in [-0.15, -0.1) is 0 Å². The fourth-order valence-corrected chi connectivity index (χ4v) is 4.46. The Labute approximate surface area is 203 Å². The summed E-state index contributed by atoms with van der Waals surface area (Å²) in [7, 11) is 1.37. The number of unbranched alkanes of at least 4 members (excludes halogenated alkanes) is 1. The minimum absolute atomic E-state index is 0.0294. The Hall–Kier alpha value is -2.92. The van der Waals surface area contributed by atoms with Gasteiger partial charge in [0.2, 0.25) is 5.91 Å². The topological polar surface area (TPSA) is 66.8 Å². The molecule has 2 aromatic rings. The number of aliphatic hydroxyl groups is 1. The first kappa shape index (κ1) is 25.7. The lowest BCUT2D eigenvalue weighted by molar-refractivity contribution is -0.128. The molecule has 3 rings (SSSR count). The molecule has 0 unspecified atom stereocenters. The maximum atomic E-state index is 12.4. The van der Waals surface area contributed by atoms with Gasteiger partial charge in [-0.3, -0.25) is 4.79 Å². The van der Waals surface area contributed by atoms with Crippen molar-refractivity contribution in [3.05, 3.63) is 83.4 Å². The molecule has 1 saturated heterocycles. The first-order valence-corrected chi connectivity index (χ1v) is 12.3. The molecule has 1 aliphatic heterocycles. The second-order valence-electron chi connectivity index (χ2n) is 9.22. The zero-order chi connectivity index (χ0) is 24.3. The summed E-state index contributed by atoms with van der Waals surface area (Å²) in [5, 5.41) is 10.6. The summed E-state index contributed by atoms with van der Waals surface area (Å²) < 4.78 is 4.73. The van der Waals surface area contributed by atoms with Crippen LogP contribution in [-0.2, 0) is 22.4 Å². The maximum absolute atomic E-state index is 12.4. The Balaban J connectivity index is 1.44. The van der Waals surface area contributed by atoms with Crippen molar-refractivity contribution < 1.29 is 19.4 Å². The molecule has 3 atom stereocenters. The van der Waals surface area contributed by atoms with E-state index in [1.54, 1.807) is 12.1 Å². The number of benzene rings is 2. The molecular weight excluding hydrogens is 426 g/mol. The van der Waals surface area contributed by atoms with E-state index >= 15 is 0 Å². The Morgan fingerprint density at radius 2 is 1.79 bits per heavy atom. The van der Waals surface area contributed by atoms with Crippen molar-refractivity contribution in [1.29, 1.82) is 0 Å². The molecule has 1 amide bonds. The Kier molecular flexibility index (Phi) is 9.89. The lowest BCUT2D eigenvalue weighted by Gasteiger charge is -2.23. The van der Waals surface area contributed by atoms with Gasteiger partial charge < -0.3 is 14.7 Å². The predicted molar refractivity (Wildman–Crippen MR) is 135 cm³/mol. The zero-order valence-electron chi connectivity index (χ0n) is 20.4. The van der Waals surface area contributed by atoms with Gasteiger partial charge in [0, 0.05) is 13.0 Å². The molecule has 182 valence electrons. The van der Waals surface area contributed by atoms with E-state index in [0.29, 0.717) is 18.5 Å². The number of hydrogen-bond acceptors (Lipinski definition) is 4. The highest BCUT2D eigenvalue weighted by Gasteiger charge is 2.29. The summed E-state index contributed by atoms with van der Waals surface area (Å²) in [4.78, 5) is 25.9. The summed E-state index contributed by atoms with van der Waals surface area (Å²) in [6, 6.07) is 17.8. The summed E-state index contributed by atoms with van der Waals surface area (Å²) >= 11 is 0. The Morgan fingerprint density at radius 3 is 2.50 bits per heavy atom. The first-order chi connectivity index (χ1) is 16.5. The normalized spacial score (nSPS) is 17.8. The van der Waals surface area contributed by atoms with Gasteiger partial charge in [0.1, 0.15) is 0 Å². The molecule has 0 aliphatic carbocycles. The highest BCUT2D eigenvalue weighted by atomic mass is 16.5. The summed E-state index contributed by atoms with van der Waals surface area (Å²) in [6.45, 7) is 2.71. The number of rotatable bonds is 12. The van der Waals surface area contributed by atoms with E-state index in [2.05, 4.69) is 31.2 Å². The summed E-state index contributed by atoms with van der Waals surface area (Å²) in [5.74, 6) is -0.00867. The maximum Gasteiger partial charge on any atom is 0.337 e. The van der Waals surface area contributed by atoms with Gasteiger partial charge in [0.15, 0.2) is 0 Å². The zero-order valence-corrected chi connectivity index (χ0v) is 20.4. The van der Waals surface area contributed by atoms with Crippen LogP contribution in [0.15, 0.2) is 66.7 Å². The number of aliphatic hydroxyl groups excluding tert-OH is 1. The number of hydrogen-bond donors (Lipinski definition) is 1. The minimum Gasteiger partial charge on any atom is -0.465 e. The smallest absolute Gasteiger partial charge is 0.337 e. The molecule has 1 N–H and O–H groups in total. The number of carbonyl (C=O) groups excluding carboxylic acids is 2. The number of amides is 1. The second kappa shape index (κ2) is 13.1. The summed E-state index contributed by atoms with van der Waals surface area (Å²) in [5.41, 5.74) is 2.95. The van der Waals surface area contributed by atoms with E-state index in [1.165, 1.54) is 12.7 Å². The Bertz CT molecular complexity index is 938. The third-order valence-electron chi connectivity index (χ3n) is 6.72. The SMILES string of the molecule is COC(=O)c1ccc(CCN2C(=O)CC[C@@H]2C=C[C@@H](O)[C@@H](C)CCCCc2ccccc2)cc1. The van der Waals surface area contributed by atoms with Crippen molar-refractivity contribution >= 4 is 11.9 Å². The van der Waals surface area contributed by atoms with Gasteiger partial charge >= 0.3 is 5.97 Å². The monoisotopic (exact) mass is 463 g/mol. The van der Waals surface area contributed by atoms with E-state index in [4.69, 9.17) is 4.74 Å². The second-order valence-corrected chi connectivity index (χ2v) is 9.22. The number of methoxy groups -OCH3 is 1. The molecule has 1 aliphatic rings. The molecule has 0 spiro atoms. The molecule has 34 heavy (non-hydrogen) atoms. The number of nitrogens with zero attached hydrogens (tertiary/aromatic N) is 1. The van der Waals surface area contributed by atoms with Crippen LogP contribution in [0.2, 0.25) is 0 Å². The van der Waals surface area contributed by atoms with Crippen molar-refractivity contribution in [3.8, 4) is 0 Å². The fourth-order valence-electron chi connectivity index (χ4n) is 4.46. The van der Waals surface area contributed by atoms with Crippen molar-refractivity contribution in [2.24, 2.45) is 5.92 Å². The third kappa shape index (κ3) is 7.56. The standard InChI is InChI=1S/C29H37NO4/c1-22(8-6-7-11-23-9-4-3-5-10-23)27(31)18-16-26-17-19-28(32)30(26)21-20-24-12-14-25(15-13-24)29(33)34-2/h3-5,9-10,12-16,18,22,26-27,31H,6-8,11,17,19-21H2,1-2H3/t22-,26-,27+/m0/s1. The van der Waals surface area contributed by atoms with Crippen LogP contribution >= 0.6 is 0 Å². The summed E-state index contributed by atoms with van der Waals surface area (Å²) in [6.07, 6.45) is 9.70. The molecule has 0 aromatic heterocycles. The quantitative estimate of drug-likeness (QED) is 0.274. The van der Waals surface area contributed by atoms with Gasteiger partial charge in [0.05, 0.1) is 24.8 Å². The first-order valence-electron chi connectivity index (χ1n) is 12.3. The molecule has 1 fully saturated rings. The van der Waals surface area contributed by atoms with Gasteiger partial charge in [-0.05, 0) is 61.3 Å². The van der Waals surface area contributed by atoms with Crippen molar-refractivity contribution in [2.45, 2.75) is 64.0 Å². The highest BCUT2D eigenvalue weighted by Crippen LogP contribution is 2.22. The highest BCUT2D eigenvalue weighted by molar-refractivity contribution is 5.89. The van der Waals surface area contributed by atoms with Crippen LogP contribution in [0.5, 0.6) is 0 Å². The van der Waals surface area contributed by atoms with E-state index < -0.39 is 6.10 Å². The number of carbonyl (C=O) groups is 2.